The Balaban J connectivity index is 1.79. The van der Waals surface area contributed by atoms with Gasteiger partial charge in [0.2, 0.25) is 0 Å². The summed E-state index contributed by atoms with van der Waals surface area (Å²) in [6.45, 7) is 1.69. The first-order valence-corrected chi connectivity index (χ1v) is 8.04. The van der Waals surface area contributed by atoms with Crippen molar-refractivity contribution in [3.05, 3.63) is 107 Å². The molecule has 3 rings (SSSR count). The number of rotatable bonds is 6. The lowest BCUT2D eigenvalue weighted by Crippen LogP contribution is -2.22. The summed E-state index contributed by atoms with van der Waals surface area (Å²) in [6.07, 6.45) is 0. The Morgan fingerprint density at radius 1 is 0.520 bits per heavy atom. The van der Waals surface area contributed by atoms with Gasteiger partial charge in [-0.25, -0.2) is 13.2 Å². The van der Waals surface area contributed by atoms with E-state index in [-0.39, 0.29) is 17.5 Å². The highest BCUT2D eigenvalue weighted by Gasteiger charge is 2.09. The molecular formula is C21H18F3N. The summed E-state index contributed by atoms with van der Waals surface area (Å²) in [5, 5.41) is 0. The maximum Gasteiger partial charge on any atom is 0.123 e. The average molecular weight is 341 g/mol. The molecule has 0 atom stereocenters. The van der Waals surface area contributed by atoms with Crippen LogP contribution in [0.3, 0.4) is 0 Å². The van der Waals surface area contributed by atoms with Crippen molar-refractivity contribution in [2.45, 2.75) is 19.6 Å². The summed E-state index contributed by atoms with van der Waals surface area (Å²) in [4.78, 5) is 2.11. The highest BCUT2D eigenvalue weighted by Crippen LogP contribution is 2.16. The molecule has 0 unspecified atom stereocenters. The Hall–Kier alpha value is -2.59. The van der Waals surface area contributed by atoms with Crippen molar-refractivity contribution in [3.8, 4) is 0 Å². The molecule has 0 aliphatic carbocycles. The SMILES string of the molecule is Fc1ccc(CN(Cc2ccc(F)cc2)Cc2cccc(F)c2)cc1. The van der Waals surface area contributed by atoms with E-state index in [0.717, 1.165) is 16.7 Å². The average Bonchev–Trinajstić information content (AvgIpc) is 2.59. The van der Waals surface area contributed by atoms with Crippen LogP contribution in [0, 0.1) is 17.5 Å². The first-order chi connectivity index (χ1) is 12.1. The first-order valence-electron chi connectivity index (χ1n) is 8.04. The number of hydrogen-bond donors (Lipinski definition) is 0. The van der Waals surface area contributed by atoms with Gasteiger partial charge in [0.1, 0.15) is 17.5 Å². The van der Waals surface area contributed by atoms with E-state index in [4.69, 9.17) is 0 Å². The standard InChI is InChI=1S/C21H18F3N/c22-19-8-4-16(5-9-19)13-25(14-17-6-10-20(23)11-7-17)15-18-2-1-3-21(24)12-18/h1-12H,13-15H2. The molecule has 0 fully saturated rings. The number of nitrogens with zero attached hydrogens (tertiary/aromatic N) is 1. The van der Waals surface area contributed by atoms with E-state index < -0.39 is 0 Å². The molecule has 0 bridgehead atoms. The van der Waals surface area contributed by atoms with Crippen molar-refractivity contribution < 1.29 is 13.2 Å². The number of benzene rings is 3. The van der Waals surface area contributed by atoms with Crippen LogP contribution >= 0.6 is 0 Å². The van der Waals surface area contributed by atoms with Crippen LogP contribution < -0.4 is 0 Å². The topological polar surface area (TPSA) is 3.24 Å². The summed E-state index contributed by atoms with van der Waals surface area (Å²) in [5.74, 6) is -0.834. The first kappa shape index (κ1) is 17.2. The van der Waals surface area contributed by atoms with Gasteiger partial charge in [-0.3, -0.25) is 4.90 Å². The molecule has 0 spiro atoms. The molecule has 0 N–H and O–H groups in total. The smallest absolute Gasteiger partial charge is 0.123 e. The van der Waals surface area contributed by atoms with Crippen molar-refractivity contribution in [3.63, 3.8) is 0 Å². The predicted octanol–water partition coefficient (Wildman–Crippen LogP) is 5.31. The minimum absolute atomic E-state index is 0.277. The Labute approximate surface area is 145 Å². The van der Waals surface area contributed by atoms with Crippen LogP contribution in [0.5, 0.6) is 0 Å². The van der Waals surface area contributed by atoms with Crippen molar-refractivity contribution in [2.24, 2.45) is 0 Å². The van der Waals surface area contributed by atoms with Crippen molar-refractivity contribution in [2.75, 3.05) is 0 Å². The van der Waals surface area contributed by atoms with Gasteiger partial charge in [-0.05, 0) is 53.1 Å². The van der Waals surface area contributed by atoms with E-state index in [9.17, 15) is 13.2 Å². The van der Waals surface area contributed by atoms with E-state index in [2.05, 4.69) is 4.90 Å². The van der Waals surface area contributed by atoms with E-state index in [0.29, 0.717) is 19.6 Å². The quantitative estimate of drug-likeness (QED) is 0.587. The van der Waals surface area contributed by atoms with Crippen LogP contribution in [-0.2, 0) is 19.6 Å². The molecule has 3 aromatic rings. The van der Waals surface area contributed by atoms with Crippen LogP contribution in [0.15, 0.2) is 72.8 Å². The fraction of sp³-hybridized carbons (Fsp3) is 0.143. The fourth-order valence-electron chi connectivity index (χ4n) is 2.76. The maximum absolute atomic E-state index is 13.5. The molecule has 25 heavy (non-hydrogen) atoms. The molecule has 0 aromatic heterocycles. The van der Waals surface area contributed by atoms with Crippen LogP contribution in [0.2, 0.25) is 0 Å². The molecule has 4 heteroatoms. The lowest BCUT2D eigenvalue weighted by molar-refractivity contribution is 0.247. The lowest BCUT2D eigenvalue weighted by atomic mass is 10.1. The Kier molecular flexibility index (Phi) is 5.51. The maximum atomic E-state index is 13.5. The van der Waals surface area contributed by atoms with Crippen molar-refractivity contribution in [1.29, 1.82) is 0 Å². The third kappa shape index (κ3) is 5.19. The molecule has 0 aliphatic rings. The van der Waals surface area contributed by atoms with Gasteiger partial charge >= 0.3 is 0 Å². The highest BCUT2D eigenvalue weighted by molar-refractivity contribution is 5.20. The second-order valence-electron chi connectivity index (χ2n) is 6.03. The van der Waals surface area contributed by atoms with Gasteiger partial charge in [0.05, 0.1) is 0 Å². The van der Waals surface area contributed by atoms with Gasteiger partial charge in [0.15, 0.2) is 0 Å². The van der Waals surface area contributed by atoms with E-state index in [1.54, 1.807) is 30.3 Å². The van der Waals surface area contributed by atoms with Gasteiger partial charge in [-0.15, -0.1) is 0 Å². The molecule has 0 saturated carbocycles. The summed E-state index contributed by atoms with van der Waals surface area (Å²) < 4.78 is 39.7. The van der Waals surface area contributed by atoms with Crippen molar-refractivity contribution in [1.82, 2.24) is 4.90 Å². The molecule has 0 saturated heterocycles. The van der Waals surface area contributed by atoms with Crippen LogP contribution in [0.4, 0.5) is 13.2 Å². The van der Waals surface area contributed by atoms with E-state index >= 15 is 0 Å². The normalized spacial score (nSPS) is 11.0. The molecule has 0 aliphatic heterocycles. The molecule has 1 nitrogen and oxygen atoms in total. The predicted molar refractivity (Wildman–Crippen MR) is 92.2 cm³/mol. The molecule has 128 valence electrons. The molecule has 3 aromatic carbocycles. The number of hydrogen-bond acceptors (Lipinski definition) is 1. The minimum atomic E-state index is -0.279. The zero-order valence-electron chi connectivity index (χ0n) is 13.6. The zero-order chi connectivity index (χ0) is 17.6. The van der Waals surface area contributed by atoms with Gasteiger partial charge in [0, 0.05) is 19.6 Å². The van der Waals surface area contributed by atoms with E-state index in [1.807, 2.05) is 6.07 Å². The van der Waals surface area contributed by atoms with Crippen LogP contribution in [0.1, 0.15) is 16.7 Å². The second-order valence-corrected chi connectivity index (χ2v) is 6.03. The Morgan fingerprint density at radius 3 is 1.48 bits per heavy atom. The second kappa shape index (κ2) is 7.99. The highest BCUT2D eigenvalue weighted by atomic mass is 19.1. The van der Waals surface area contributed by atoms with Crippen LogP contribution in [-0.4, -0.2) is 4.90 Å². The Bertz CT molecular complexity index is 766. The lowest BCUT2D eigenvalue weighted by Gasteiger charge is -2.23. The third-order valence-electron chi connectivity index (χ3n) is 3.93. The zero-order valence-corrected chi connectivity index (χ0v) is 13.6. The monoisotopic (exact) mass is 341 g/mol. The van der Waals surface area contributed by atoms with Crippen molar-refractivity contribution >= 4 is 0 Å². The third-order valence-corrected chi connectivity index (χ3v) is 3.93. The van der Waals surface area contributed by atoms with Gasteiger partial charge in [-0.1, -0.05) is 36.4 Å². The van der Waals surface area contributed by atoms with Gasteiger partial charge < -0.3 is 0 Å². The molecule has 0 amide bonds. The van der Waals surface area contributed by atoms with Gasteiger partial charge in [-0.2, -0.15) is 0 Å². The summed E-state index contributed by atoms with van der Waals surface area (Å²) >= 11 is 0. The molecule has 0 radical (unpaired) electrons. The molecule has 0 heterocycles. The fourth-order valence-corrected chi connectivity index (χ4v) is 2.76. The number of halogens is 3. The van der Waals surface area contributed by atoms with E-state index in [1.165, 1.54) is 36.4 Å². The minimum Gasteiger partial charge on any atom is -0.291 e. The Morgan fingerprint density at radius 2 is 1.00 bits per heavy atom. The summed E-state index contributed by atoms with van der Waals surface area (Å²) in [7, 11) is 0. The summed E-state index contributed by atoms with van der Waals surface area (Å²) in [5.41, 5.74) is 2.77. The summed E-state index contributed by atoms with van der Waals surface area (Å²) in [6, 6.07) is 19.1. The molecular weight excluding hydrogens is 323 g/mol. The van der Waals surface area contributed by atoms with Gasteiger partial charge in [0.25, 0.3) is 0 Å². The van der Waals surface area contributed by atoms with Crippen LogP contribution in [0.25, 0.3) is 0 Å². The largest absolute Gasteiger partial charge is 0.291 e.